The second kappa shape index (κ2) is 5.81. The number of amides is 1. The van der Waals surface area contributed by atoms with Gasteiger partial charge in [0.15, 0.2) is 6.54 Å². The van der Waals surface area contributed by atoms with Crippen LogP contribution in [0.15, 0.2) is 9.98 Å². The first-order valence-corrected chi connectivity index (χ1v) is 4.64. The van der Waals surface area contributed by atoms with Crippen LogP contribution in [0.4, 0.5) is 0 Å². The maximum Gasteiger partial charge on any atom is 0.322 e. The molecule has 8 nitrogen and oxygen atoms in total. The van der Waals surface area contributed by atoms with E-state index < -0.39 is 18.4 Å². The fraction of sp³-hybridized carbons (Fsp3) is 0.500. The molecule has 0 fully saturated rings. The number of nitrogens with zero attached hydrogens (tertiary/aromatic N) is 2. The van der Waals surface area contributed by atoms with Crippen molar-refractivity contribution in [1.29, 1.82) is 0 Å². The third-order valence-electron chi connectivity index (χ3n) is 1.68. The van der Waals surface area contributed by atoms with E-state index in [0.29, 0.717) is 24.9 Å². The van der Waals surface area contributed by atoms with Gasteiger partial charge in [-0.2, -0.15) is 0 Å². The molecule has 0 unspecified atom stereocenters. The van der Waals surface area contributed by atoms with Gasteiger partial charge < -0.3 is 20.9 Å². The van der Waals surface area contributed by atoms with E-state index in [1.165, 1.54) is 0 Å². The molecule has 0 saturated heterocycles. The molecular formula is C8H13N4O4+. The number of hydrogen-bond donors (Lipinski definition) is 3. The quantitative estimate of drug-likeness (QED) is 0.472. The molecule has 0 bridgehead atoms. The van der Waals surface area contributed by atoms with Gasteiger partial charge >= 0.3 is 5.97 Å². The van der Waals surface area contributed by atoms with Crippen molar-refractivity contribution in [2.24, 2.45) is 9.98 Å². The Bertz CT molecular complexity index is 350. The number of ether oxygens (including phenoxy) is 1. The monoisotopic (exact) mass is 229 g/mol. The Balaban J connectivity index is 2.27. The number of nitrogens with one attached hydrogen (secondary N) is 1. The van der Waals surface area contributed by atoms with Crippen LogP contribution in [-0.4, -0.2) is 55.0 Å². The molecule has 1 heterocycles. The van der Waals surface area contributed by atoms with E-state index in [1.54, 1.807) is 0 Å². The van der Waals surface area contributed by atoms with Crippen LogP contribution < -0.4 is 11.1 Å². The van der Waals surface area contributed by atoms with Crippen LogP contribution in [0, 0.1) is 0 Å². The van der Waals surface area contributed by atoms with Gasteiger partial charge in [-0.1, -0.05) is 0 Å². The van der Waals surface area contributed by atoms with Crippen LogP contribution in [0.25, 0.3) is 0 Å². The zero-order valence-corrected chi connectivity index (χ0v) is 8.60. The fourth-order valence-corrected chi connectivity index (χ4v) is 0.959. The van der Waals surface area contributed by atoms with Crippen molar-refractivity contribution in [3.63, 3.8) is 0 Å². The molecule has 0 spiro atoms. The Morgan fingerprint density at radius 1 is 1.62 bits per heavy atom. The van der Waals surface area contributed by atoms with Crippen LogP contribution in [0.2, 0.25) is 0 Å². The van der Waals surface area contributed by atoms with E-state index in [4.69, 9.17) is 9.84 Å². The van der Waals surface area contributed by atoms with Crippen molar-refractivity contribution < 1.29 is 25.2 Å². The first-order valence-electron chi connectivity index (χ1n) is 4.64. The molecule has 1 amide bonds. The van der Waals surface area contributed by atoms with Gasteiger partial charge in [0, 0.05) is 0 Å². The first-order chi connectivity index (χ1) is 7.61. The number of carbonyl (C=O) groups is 2. The van der Waals surface area contributed by atoms with Gasteiger partial charge in [0.05, 0.1) is 0 Å². The summed E-state index contributed by atoms with van der Waals surface area (Å²) in [5.41, 5.74) is 3.59. The molecular weight excluding hydrogens is 216 g/mol. The Morgan fingerprint density at radius 2 is 2.38 bits per heavy atom. The summed E-state index contributed by atoms with van der Waals surface area (Å²) in [7, 11) is 0. The van der Waals surface area contributed by atoms with E-state index in [1.807, 2.05) is 0 Å². The summed E-state index contributed by atoms with van der Waals surface area (Å²) in [4.78, 5) is 29.0. The normalized spacial score (nSPS) is 16.8. The number of carbonyl (C=O) groups excluding carboxylic acids is 1. The van der Waals surface area contributed by atoms with E-state index in [-0.39, 0.29) is 6.54 Å². The molecule has 1 aliphatic rings. The smallest absolute Gasteiger partial charge is 0.322 e. The number of quaternary nitrogens is 1. The molecule has 16 heavy (non-hydrogen) atoms. The Morgan fingerprint density at radius 3 is 2.94 bits per heavy atom. The highest BCUT2D eigenvalue weighted by atomic mass is 16.5. The van der Waals surface area contributed by atoms with Crippen LogP contribution in [0.5, 0.6) is 0 Å². The van der Waals surface area contributed by atoms with Gasteiger partial charge in [-0.25, -0.2) is 9.98 Å². The highest BCUT2D eigenvalue weighted by molar-refractivity contribution is 5.99. The van der Waals surface area contributed by atoms with E-state index in [2.05, 4.69) is 21.0 Å². The maximum absolute atomic E-state index is 11.1. The molecule has 0 aliphatic carbocycles. The lowest BCUT2D eigenvalue weighted by Crippen LogP contribution is -2.54. The SMILES string of the molecule is [NH3+]CC1=NCC(=NCC(=O)NCC(=O)O)O1. The minimum atomic E-state index is -1.10. The summed E-state index contributed by atoms with van der Waals surface area (Å²) < 4.78 is 5.13. The van der Waals surface area contributed by atoms with Crippen molar-refractivity contribution >= 4 is 23.7 Å². The van der Waals surface area contributed by atoms with Crippen LogP contribution >= 0.6 is 0 Å². The molecule has 8 heteroatoms. The standard InChI is InChI=1S/C8H12N4O4/c9-1-6-12-3-7(16-6)11-2-5(13)10-4-8(14)15/h1-4,9H2,(H,10,13)(H,14,15)/p+1. The zero-order chi connectivity index (χ0) is 12.0. The number of carboxylic acid groups (broad SMARTS) is 1. The lowest BCUT2D eigenvalue weighted by molar-refractivity contribution is -0.348. The maximum atomic E-state index is 11.1. The molecule has 1 aliphatic heterocycles. The van der Waals surface area contributed by atoms with Gasteiger partial charge in [-0.3, -0.25) is 9.59 Å². The van der Waals surface area contributed by atoms with Crippen LogP contribution in [0.3, 0.4) is 0 Å². The van der Waals surface area contributed by atoms with Gasteiger partial charge in [0.1, 0.15) is 19.6 Å². The van der Waals surface area contributed by atoms with Gasteiger partial charge in [-0.15, -0.1) is 0 Å². The minimum Gasteiger partial charge on any atom is -0.480 e. The average Bonchev–Trinajstić information content (AvgIpc) is 2.71. The molecule has 0 aromatic rings. The molecule has 1 rings (SSSR count). The molecule has 0 radical (unpaired) electrons. The largest absolute Gasteiger partial charge is 0.480 e. The van der Waals surface area contributed by atoms with Crippen LogP contribution in [0.1, 0.15) is 0 Å². The summed E-state index contributed by atoms with van der Waals surface area (Å²) in [5, 5.41) is 10.5. The molecule has 88 valence electrons. The number of carboxylic acids is 1. The molecule has 0 atom stereocenters. The Hall–Kier alpha value is -1.96. The predicted molar refractivity (Wildman–Crippen MR) is 54.1 cm³/mol. The Kier molecular flexibility index (Phi) is 4.40. The zero-order valence-electron chi connectivity index (χ0n) is 8.60. The second-order valence-electron chi connectivity index (χ2n) is 2.94. The number of rotatable bonds is 5. The highest BCUT2D eigenvalue weighted by Crippen LogP contribution is 1.96. The number of aliphatic imine (C=N–C) groups is 2. The van der Waals surface area contributed by atoms with Gasteiger partial charge in [-0.05, 0) is 0 Å². The summed E-state index contributed by atoms with van der Waals surface area (Å²) in [6, 6.07) is 0. The summed E-state index contributed by atoms with van der Waals surface area (Å²) >= 11 is 0. The van der Waals surface area contributed by atoms with E-state index in [0.717, 1.165) is 0 Å². The van der Waals surface area contributed by atoms with E-state index in [9.17, 15) is 9.59 Å². The molecule has 0 aromatic carbocycles. The van der Waals surface area contributed by atoms with Crippen molar-refractivity contribution in [3.05, 3.63) is 0 Å². The van der Waals surface area contributed by atoms with Crippen molar-refractivity contribution in [2.75, 3.05) is 26.2 Å². The van der Waals surface area contributed by atoms with Crippen molar-refractivity contribution in [3.8, 4) is 0 Å². The summed E-state index contributed by atoms with van der Waals surface area (Å²) in [6.07, 6.45) is 0. The fourth-order valence-electron chi connectivity index (χ4n) is 0.959. The van der Waals surface area contributed by atoms with Crippen molar-refractivity contribution in [2.45, 2.75) is 0 Å². The summed E-state index contributed by atoms with van der Waals surface area (Å²) in [6.45, 7) is 0.162. The molecule has 0 saturated carbocycles. The lowest BCUT2D eigenvalue weighted by Gasteiger charge is -2.00. The first kappa shape index (κ1) is 12.1. The van der Waals surface area contributed by atoms with Gasteiger partial charge in [0.25, 0.3) is 0 Å². The number of hydrogen-bond acceptors (Lipinski definition) is 5. The van der Waals surface area contributed by atoms with Crippen molar-refractivity contribution in [1.82, 2.24) is 5.32 Å². The third-order valence-corrected chi connectivity index (χ3v) is 1.68. The van der Waals surface area contributed by atoms with Gasteiger partial charge in [0.2, 0.25) is 17.7 Å². The highest BCUT2D eigenvalue weighted by Gasteiger charge is 2.14. The third kappa shape index (κ3) is 4.05. The number of aliphatic carboxylic acids is 1. The lowest BCUT2D eigenvalue weighted by atomic mass is 10.5. The Labute approximate surface area is 91.2 Å². The second-order valence-corrected chi connectivity index (χ2v) is 2.94. The topological polar surface area (TPSA) is 128 Å². The average molecular weight is 229 g/mol. The predicted octanol–water partition coefficient (Wildman–Crippen LogP) is -2.74. The van der Waals surface area contributed by atoms with E-state index >= 15 is 0 Å². The molecule has 5 N–H and O–H groups in total. The van der Waals surface area contributed by atoms with Crippen LogP contribution in [-0.2, 0) is 14.3 Å². The minimum absolute atomic E-state index is 0.164. The summed E-state index contributed by atoms with van der Waals surface area (Å²) in [5.74, 6) is -0.726. The molecule has 0 aromatic heterocycles.